The van der Waals surface area contributed by atoms with E-state index in [1.165, 1.54) is 4.90 Å². The summed E-state index contributed by atoms with van der Waals surface area (Å²) in [5, 5.41) is 43.5. The van der Waals surface area contributed by atoms with Gasteiger partial charge in [-0.05, 0) is 107 Å². The van der Waals surface area contributed by atoms with Gasteiger partial charge in [0, 0.05) is 50.7 Å². The molecule has 0 aromatic heterocycles. The predicted molar refractivity (Wildman–Crippen MR) is 234 cm³/mol. The zero-order valence-electron chi connectivity index (χ0n) is 38.4. The van der Waals surface area contributed by atoms with Crippen LogP contribution in [0.2, 0.25) is 0 Å². The van der Waals surface area contributed by atoms with Crippen molar-refractivity contribution in [2.24, 2.45) is 35.5 Å². The summed E-state index contributed by atoms with van der Waals surface area (Å²) >= 11 is 0. The molecule has 13 heteroatoms. The van der Waals surface area contributed by atoms with Crippen molar-refractivity contribution in [3.8, 4) is 0 Å². The second-order valence-electron chi connectivity index (χ2n) is 19.1. The lowest BCUT2D eigenvalue weighted by Crippen LogP contribution is -2.61. The molecule has 62 heavy (non-hydrogen) atoms. The number of ether oxygens (including phenoxy) is 3. The normalized spacial score (nSPS) is 40.6. The number of fused-ring (bicyclic) bond motifs is 3. The van der Waals surface area contributed by atoms with E-state index in [2.05, 4.69) is 0 Å². The summed E-state index contributed by atoms with van der Waals surface area (Å²) in [6, 6.07) is -1.14. The minimum Gasteiger partial charge on any atom is -0.460 e. The number of amides is 1. The molecule has 0 spiro atoms. The number of hydrogen-bond donors (Lipinski definition) is 4. The molecule has 0 radical (unpaired) electrons. The highest BCUT2D eigenvalue weighted by molar-refractivity contribution is 6.39. The summed E-state index contributed by atoms with van der Waals surface area (Å²) in [4.78, 5) is 70.8. The second-order valence-corrected chi connectivity index (χ2v) is 19.1. The Morgan fingerprint density at radius 1 is 0.839 bits per heavy atom. The van der Waals surface area contributed by atoms with Gasteiger partial charge in [0.15, 0.2) is 0 Å². The molecule has 2 bridgehead atoms. The van der Waals surface area contributed by atoms with Gasteiger partial charge >= 0.3 is 5.97 Å². The summed E-state index contributed by atoms with van der Waals surface area (Å²) in [7, 11) is 1.58. The molecule has 4 rings (SSSR count). The number of esters is 1. The van der Waals surface area contributed by atoms with Crippen LogP contribution in [0, 0.1) is 35.5 Å². The van der Waals surface area contributed by atoms with E-state index >= 15 is 0 Å². The van der Waals surface area contributed by atoms with E-state index in [9.17, 15) is 44.4 Å². The van der Waals surface area contributed by atoms with E-state index in [-0.39, 0.29) is 61.0 Å². The van der Waals surface area contributed by atoms with E-state index in [0.29, 0.717) is 69.8 Å². The van der Waals surface area contributed by atoms with Crippen LogP contribution >= 0.6 is 0 Å². The molecular formula is C49H75NO12. The lowest BCUT2D eigenvalue weighted by Gasteiger charge is -2.42. The van der Waals surface area contributed by atoms with Gasteiger partial charge in [0.05, 0.1) is 30.5 Å². The topological polar surface area (TPSA) is 197 Å². The van der Waals surface area contributed by atoms with Crippen LogP contribution in [-0.4, -0.2) is 117 Å². The minimum absolute atomic E-state index is 0.00355. The summed E-state index contributed by atoms with van der Waals surface area (Å²) in [6.07, 6.45) is 11.4. The number of cyclic esters (lactones) is 1. The summed E-state index contributed by atoms with van der Waals surface area (Å²) in [5.74, 6) is -7.69. The number of aliphatic hydroxyl groups is 4. The van der Waals surface area contributed by atoms with Gasteiger partial charge in [-0.15, -0.1) is 0 Å². The van der Waals surface area contributed by atoms with E-state index in [0.717, 1.165) is 5.57 Å². The van der Waals surface area contributed by atoms with Crippen LogP contribution in [0.5, 0.6) is 0 Å². The summed E-state index contributed by atoms with van der Waals surface area (Å²) in [5.41, 5.74) is 1.37. The van der Waals surface area contributed by atoms with Gasteiger partial charge in [-0.2, -0.15) is 0 Å². The van der Waals surface area contributed by atoms with Crippen molar-refractivity contribution in [1.82, 2.24) is 4.90 Å². The van der Waals surface area contributed by atoms with Crippen LogP contribution in [0.15, 0.2) is 47.6 Å². The Labute approximate surface area is 369 Å². The number of Topliss-reactive ketones (excluding diaryl/α,β-unsaturated/α-hetero) is 3. The molecule has 1 unspecified atom stereocenters. The Morgan fingerprint density at radius 3 is 2.26 bits per heavy atom. The molecule has 1 amide bonds. The quantitative estimate of drug-likeness (QED) is 0.149. The van der Waals surface area contributed by atoms with Crippen LogP contribution in [0.4, 0.5) is 0 Å². The van der Waals surface area contributed by atoms with Crippen LogP contribution < -0.4 is 0 Å². The lowest BCUT2D eigenvalue weighted by atomic mass is 9.78. The number of nitrogens with zero attached hydrogens (tertiary/aromatic N) is 1. The molecule has 14 atom stereocenters. The first kappa shape index (κ1) is 51.3. The predicted octanol–water partition coefficient (Wildman–Crippen LogP) is 5.90. The first-order valence-electron chi connectivity index (χ1n) is 23.0. The number of rotatable bonds is 4. The SMILES string of the molecule is CO[C@H]1C[C@@H]2CC[C@@H](C)[C@@](O)(O2)C(=O)C(=O)N2CCCC[C@H]2C(=O)O[C@H]([C@H](C)CC2CC[C@H](O)[C@@H](O)C2)CC(=O)[C@H](C)/C=C(\C)[C@@H](O)CC(=O)[C@H](C)C[C@H](C)/C=C/C=C/C=C/1C. The average molecular weight is 870 g/mol. The molecule has 4 N–H and O–H groups in total. The van der Waals surface area contributed by atoms with Gasteiger partial charge in [0.25, 0.3) is 11.7 Å². The molecule has 3 heterocycles. The lowest BCUT2D eigenvalue weighted by molar-refractivity contribution is -0.265. The van der Waals surface area contributed by atoms with Crippen LogP contribution in [0.1, 0.15) is 132 Å². The van der Waals surface area contributed by atoms with Gasteiger partial charge in [0.2, 0.25) is 5.79 Å². The molecule has 4 aliphatic rings. The minimum atomic E-state index is -2.43. The Balaban J connectivity index is 1.66. The second kappa shape index (κ2) is 23.6. The van der Waals surface area contributed by atoms with Crippen molar-refractivity contribution in [3.05, 3.63) is 47.6 Å². The first-order valence-corrected chi connectivity index (χ1v) is 23.0. The van der Waals surface area contributed by atoms with E-state index in [1.807, 2.05) is 58.1 Å². The molecule has 1 saturated carbocycles. The third-order valence-electron chi connectivity index (χ3n) is 13.9. The highest BCUT2D eigenvalue weighted by Crippen LogP contribution is 2.37. The number of carbonyl (C=O) groups excluding carboxylic acids is 5. The number of aliphatic hydroxyl groups excluding tert-OH is 3. The number of ketones is 3. The van der Waals surface area contributed by atoms with Gasteiger partial charge in [-0.3, -0.25) is 19.2 Å². The number of allylic oxidation sites excluding steroid dienone is 6. The fourth-order valence-corrected chi connectivity index (χ4v) is 9.54. The Kier molecular flexibility index (Phi) is 19.5. The zero-order chi connectivity index (χ0) is 45.9. The van der Waals surface area contributed by atoms with Crippen molar-refractivity contribution in [3.63, 3.8) is 0 Å². The maximum atomic E-state index is 14.2. The van der Waals surface area contributed by atoms with E-state index in [4.69, 9.17) is 14.2 Å². The number of methoxy groups -OCH3 is 1. The van der Waals surface area contributed by atoms with E-state index < -0.39 is 77.9 Å². The standard InChI is InChI=1S/C49H75NO12/c1-29-14-10-9-11-15-30(2)44(60-8)26-37-19-17-35(7)49(59,62-37)46(56)47(57)50-21-13-12-16-38(50)48(58)61-45(34(6)24-36-18-20-39(51)43(55)25-36)28-42(54)33(5)23-32(4)41(53)27-40(52)31(3)22-29/h9-11,14-15,23,29,31,33-39,41,43-45,51,53,55,59H,12-13,16-22,24-28H2,1-8H3/b11-9+,14-10+,30-15+,32-23+/t29-,31-,33-,34-,35-,36?,37+,38+,39+,41+,43+,44+,45+,49-/m1/s1. The van der Waals surface area contributed by atoms with Crippen LogP contribution in [-0.2, 0) is 38.2 Å². The monoisotopic (exact) mass is 870 g/mol. The maximum absolute atomic E-state index is 14.2. The van der Waals surface area contributed by atoms with Crippen LogP contribution in [0.25, 0.3) is 0 Å². The highest BCUT2D eigenvalue weighted by Gasteiger charge is 2.53. The molecule has 0 aromatic rings. The Bertz CT molecular complexity index is 1690. The fraction of sp³-hybridized carbons (Fsp3) is 0.735. The zero-order valence-corrected chi connectivity index (χ0v) is 38.4. The van der Waals surface area contributed by atoms with Gasteiger partial charge in [0.1, 0.15) is 23.7 Å². The summed E-state index contributed by atoms with van der Waals surface area (Å²) in [6.45, 7) is 12.8. The third-order valence-corrected chi connectivity index (χ3v) is 13.9. The molecule has 348 valence electrons. The van der Waals surface area contributed by atoms with Gasteiger partial charge in [-0.1, -0.05) is 71.1 Å². The van der Waals surface area contributed by atoms with E-state index in [1.54, 1.807) is 34.0 Å². The highest BCUT2D eigenvalue weighted by atomic mass is 16.6. The smallest absolute Gasteiger partial charge is 0.329 e. The molecule has 13 nitrogen and oxygen atoms in total. The van der Waals surface area contributed by atoms with Gasteiger partial charge in [-0.25, -0.2) is 4.79 Å². The molecule has 3 aliphatic heterocycles. The fourth-order valence-electron chi connectivity index (χ4n) is 9.54. The van der Waals surface area contributed by atoms with Crippen LogP contribution in [0.3, 0.4) is 0 Å². The maximum Gasteiger partial charge on any atom is 0.329 e. The Hall–Kier alpha value is -3.33. The summed E-state index contributed by atoms with van der Waals surface area (Å²) < 4.78 is 18.1. The average Bonchev–Trinajstić information content (AvgIpc) is 3.23. The van der Waals surface area contributed by atoms with Gasteiger partial charge < -0.3 is 39.5 Å². The van der Waals surface area contributed by atoms with Crippen molar-refractivity contribution >= 4 is 29.2 Å². The molecule has 3 fully saturated rings. The first-order chi connectivity index (χ1) is 29.2. The van der Waals surface area contributed by atoms with Crippen molar-refractivity contribution in [2.45, 2.75) is 180 Å². The number of hydrogen-bond acceptors (Lipinski definition) is 12. The molecule has 2 saturated heterocycles. The number of carbonyl (C=O) groups is 5. The molecular weight excluding hydrogens is 795 g/mol. The van der Waals surface area contributed by atoms with Crippen molar-refractivity contribution < 1.29 is 58.6 Å². The molecule has 0 aromatic carbocycles. The largest absolute Gasteiger partial charge is 0.460 e. The molecule has 1 aliphatic carbocycles. The third kappa shape index (κ3) is 13.8. The Morgan fingerprint density at radius 2 is 1.56 bits per heavy atom. The van der Waals surface area contributed by atoms with Crippen molar-refractivity contribution in [2.75, 3.05) is 13.7 Å². The van der Waals surface area contributed by atoms with Crippen molar-refractivity contribution in [1.29, 1.82) is 0 Å². The number of piperidine rings is 1.